The van der Waals surface area contributed by atoms with Crippen molar-refractivity contribution in [2.24, 2.45) is 0 Å². The fourth-order valence-electron chi connectivity index (χ4n) is 2.93. The number of rotatable bonds is 7. The first kappa shape index (κ1) is 18.9. The molecule has 1 N–H and O–H groups in total. The molecule has 1 fully saturated rings. The average molecular weight is 381 g/mol. The monoisotopic (exact) mass is 380 g/mol. The predicted octanol–water partition coefficient (Wildman–Crippen LogP) is 1.31. The van der Waals surface area contributed by atoms with Crippen LogP contribution in [0.25, 0.3) is 0 Å². The molecular weight excluding hydrogens is 356 g/mol. The van der Waals surface area contributed by atoms with Crippen LogP contribution in [0.15, 0.2) is 12.3 Å². The van der Waals surface area contributed by atoms with Gasteiger partial charge in [0.25, 0.3) is 5.91 Å². The zero-order valence-corrected chi connectivity index (χ0v) is 16.0. The lowest BCUT2D eigenvalue weighted by atomic mass is 10.3. The Hall–Kier alpha value is -1.90. The van der Waals surface area contributed by atoms with Crippen molar-refractivity contribution in [3.05, 3.63) is 34.4 Å². The Morgan fingerprint density at radius 1 is 1.31 bits per heavy atom. The lowest BCUT2D eigenvalue weighted by Gasteiger charge is -2.26. The molecule has 8 nitrogen and oxygen atoms in total. The van der Waals surface area contributed by atoms with Gasteiger partial charge in [0.15, 0.2) is 0 Å². The van der Waals surface area contributed by atoms with E-state index in [-0.39, 0.29) is 5.91 Å². The van der Waals surface area contributed by atoms with Crippen LogP contribution in [0.4, 0.5) is 0 Å². The van der Waals surface area contributed by atoms with Gasteiger partial charge in [0.1, 0.15) is 12.4 Å². The smallest absolute Gasteiger partial charge is 0.271 e. The summed E-state index contributed by atoms with van der Waals surface area (Å²) >= 11 is 6.16. The second-order valence-corrected chi connectivity index (χ2v) is 6.81. The molecule has 2 aromatic heterocycles. The van der Waals surface area contributed by atoms with Gasteiger partial charge in [-0.15, -0.1) is 0 Å². The summed E-state index contributed by atoms with van der Waals surface area (Å²) in [7, 11) is 0. The van der Waals surface area contributed by atoms with Gasteiger partial charge >= 0.3 is 0 Å². The van der Waals surface area contributed by atoms with Crippen LogP contribution >= 0.6 is 11.6 Å². The average Bonchev–Trinajstić information content (AvgIpc) is 3.21. The van der Waals surface area contributed by atoms with Crippen LogP contribution in [0.2, 0.25) is 5.02 Å². The first-order valence-electron chi connectivity index (χ1n) is 8.86. The second kappa shape index (κ2) is 8.66. The molecule has 142 valence electrons. The summed E-state index contributed by atoms with van der Waals surface area (Å²) in [4.78, 5) is 14.6. The SMILES string of the molecule is Cc1nn(Cn2ccc(C(=O)NCCCN3CCOCC3)n2)c(C)c1Cl. The molecule has 1 amide bonds. The molecule has 0 bridgehead atoms. The van der Waals surface area contributed by atoms with Gasteiger partial charge < -0.3 is 10.1 Å². The molecule has 2 aromatic rings. The van der Waals surface area contributed by atoms with Gasteiger partial charge in [-0.25, -0.2) is 4.68 Å². The van der Waals surface area contributed by atoms with E-state index in [0.717, 1.165) is 50.7 Å². The van der Waals surface area contributed by atoms with Crippen LogP contribution in [-0.2, 0) is 11.4 Å². The largest absolute Gasteiger partial charge is 0.379 e. The standard InChI is InChI=1S/C17H25ClN6O2/c1-13-16(18)14(2)24(20-13)12-23-7-4-15(21-23)17(25)19-5-3-6-22-8-10-26-11-9-22/h4,7H,3,5-6,8-12H2,1-2H3,(H,19,25). The Bertz CT molecular complexity index is 751. The fraction of sp³-hybridized carbons (Fsp3) is 0.588. The Kier molecular flexibility index (Phi) is 6.29. The van der Waals surface area contributed by atoms with Crippen molar-refractivity contribution in [2.45, 2.75) is 26.9 Å². The van der Waals surface area contributed by atoms with E-state index in [9.17, 15) is 4.79 Å². The third-order valence-corrected chi connectivity index (χ3v) is 5.03. The Morgan fingerprint density at radius 2 is 2.08 bits per heavy atom. The fourth-order valence-corrected chi connectivity index (χ4v) is 3.07. The van der Waals surface area contributed by atoms with Crippen molar-refractivity contribution in [3.63, 3.8) is 0 Å². The minimum Gasteiger partial charge on any atom is -0.379 e. The maximum atomic E-state index is 12.2. The second-order valence-electron chi connectivity index (χ2n) is 6.43. The predicted molar refractivity (Wildman–Crippen MR) is 98.5 cm³/mol. The van der Waals surface area contributed by atoms with Gasteiger partial charge in [-0.2, -0.15) is 10.2 Å². The quantitative estimate of drug-likeness (QED) is 0.733. The van der Waals surface area contributed by atoms with E-state index >= 15 is 0 Å². The molecule has 0 unspecified atom stereocenters. The summed E-state index contributed by atoms with van der Waals surface area (Å²) in [5.41, 5.74) is 2.08. The van der Waals surface area contributed by atoms with E-state index in [1.54, 1.807) is 21.6 Å². The normalized spacial score (nSPS) is 15.3. The molecule has 3 rings (SSSR count). The van der Waals surface area contributed by atoms with Crippen LogP contribution in [0.1, 0.15) is 28.3 Å². The summed E-state index contributed by atoms with van der Waals surface area (Å²) in [5.74, 6) is -0.155. The zero-order valence-electron chi connectivity index (χ0n) is 15.2. The highest BCUT2D eigenvalue weighted by Crippen LogP contribution is 2.18. The molecule has 0 atom stereocenters. The minimum atomic E-state index is -0.155. The van der Waals surface area contributed by atoms with E-state index in [2.05, 4.69) is 20.4 Å². The van der Waals surface area contributed by atoms with Gasteiger partial charge in [0.2, 0.25) is 0 Å². The van der Waals surface area contributed by atoms with Gasteiger partial charge in [0.05, 0.1) is 29.6 Å². The van der Waals surface area contributed by atoms with Crippen molar-refractivity contribution >= 4 is 17.5 Å². The van der Waals surface area contributed by atoms with Gasteiger partial charge in [-0.05, 0) is 32.9 Å². The highest BCUT2D eigenvalue weighted by Gasteiger charge is 2.13. The van der Waals surface area contributed by atoms with Crippen molar-refractivity contribution in [2.75, 3.05) is 39.4 Å². The Balaban J connectivity index is 1.46. The van der Waals surface area contributed by atoms with Crippen LogP contribution in [0.5, 0.6) is 0 Å². The number of halogens is 1. The third kappa shape index (κ3) is 4.63. The van der Waals surface area contributed by atoms with E-state index in [1.807, 2.05) is 13.8 Å². The summed E-state index contributed by atoms with van der Waals surface area (Å²) < 4.78 is 8.78. The molecule has 1 aliphatic heterocycles. The molecule has 9 heteroatoms. The number of ether oxygens (including phenoxy) is 1. The lowest BCUT2D eigenvalue weighted by Crippen LogP contribution is -2.38. The van der Waals surface area contributed by atoms with E-state index in [0.29, 0.717) is 23.9 Å². The molecule has 0 aromatic carbocycles. The highest BCUT2D eigenvalue weighted by atomic mass is 35.5. The van der Waals surface area contributed by atoms with Gasteiger partial charge in [-0.1, -0.05) is 11.6 Å². The zero-order chi connectivity index (χ0) is 18.5. The maximum Gasteiger partial charge on any atom is 0.271 e. The molecule has 0 saturated carbocycles. The number of carbonyl (C=O) groups is 1. The molecular formula is C17H25ClN6O2. The van der Waals surface area contributed by atoms with Crippen LogP contribution in [0.3, 0.4) is 0 Å². The van der Waals surface area contributed by atoms with Crippen molar-refractivity contribution in [3.8, 4) is 0 Å². The molecule has 1 aliphatic rings. The molecule has 0 aliphatic carbocycles. The number of hydrogen-bond donors (Lipinski definition) is 1. The number of hydrogen-bond acceptors (Lipinski definition) is 5. The molecule has 1 saturated heterocycles. The number of carbonyl (C=O) groups excluding carboxylic acids is 1. The van der Waals surface area contributed by atoms with E-state index in [4.69, 9.17) is 16.3 Å². The lowest BCUT2D eigenvalue weighted by molar-refractivity contribution is 0.0374. The number of amides is 1. The van der Waals surface area contributed by atoms with Crippen LogP contribution in [-0.4, -0.2) is 69.8 Å². The minimum absolute atomic E-state index is 0.155. The van der Waals surface area contributed by atoms with Crippen molar-refractivity contribution in [1.29, 1.82) is 0 Å². The van der Waals surface area contributed by atoms with Gasteiger partial charge in [-0.3, -0.25) is 14.4 Å². The van der Waals surface area contributed by atoms with Crippen LogP contribution < -0.4 is 5.32 Å². The summed E-state index contributed by atoms with van der Waals surface area (Å²) in [6.45, 7) is 9.33. The van der Waals surface area contributed by atoms with Crippen molar-refractivity contribution < 1.29 is 9.53 Å². The van der Waals surface area contributed by atoms with E-state index in [1.165, 1.54) is 0 Å². The first-order chi connectivity index (χ1) is 12.5. The summed E-state index contributed by atoms with van der Waals surface area (Å²) in [6, 6.07) is 1.71. The summed E-state index contributed by atoms with van der Waals surface area (Å²) in [5, 5.41) is 12.3. The first-order valence-corrected chi connectivity index (χ1v) is 9.23. The topological polar surface area (TPSA) is 77.2 Å². The van der Waals surface area contributed by atoms with E-state index < -0.39 is 0 Å². The maximum absolute atomic E-state index is 12.2. The number of morpholine rings is 1. The Labute approximate surface area is 158 Å². The number of aromatic nitrogens is 4. The highest BCUT2D eigenvalue weighted by molar-refractivity contribution is 6.31. The summed E-state index contributed by atoms with van der Waals surface area (Å²) in [6.07, 6.45) is 2.68. The molecule has 0 spiro atoms. The Morgan fingerprint density at radius 3 is 2.77 bits per heavy atom. The van der Waals surface area contributed by atoms with Gasteiger partial charge in [0, 0.05) is 25.8 Å². The number of nitrogens with zero attached hydrogens (tertiary/aromatic N) is 5. The van der Waals surface area contributed by atoms with Crippen LogP contribution in [0, 0.1) is 13.8 Å². The molecule has 0 radical (unpaired) electrons. The number of nitrogens with one attached hydrogen (secondary N) is 1. The third-order valence-electron chi connectivity index (χ3n) is 4.49. The molecule has 26 heavy (non-hydrogen) atoms. The van der Waals surface area contributed by atoms with Crippen molar-refractivity contribution in [1.82, 2.24) is 29.8 Å². The molecule has 3 heterocycles. The number of aryl methyl sites for hydroxylation is 1.